The number of rotatable bonds is 9. The summed E-state index contributed by atoms with van der Waals surface area (Å²) in [4.78, 5) is 0. The first-order valence-electron chi connectivity index (χ1n) is 7.12. The van der Waals surface area contributed by atoms with Crippen molar-refractivity contribution in [3.05, 3.63) is 35.9 Å². The molecule has 3 nitrogen and oxygen atoms in total. The summed E-state index contributed by atoms with van der Waals surface area (Å²) < 4.78 is 5.27. The van der Waals surface area contributed by atoms with Crippen LogP contribution in [0.4, 0.5) is 0 Å². The van der Waals surface area contributed by atoms with Crippen molar-refractivity contribution in [3.63, 3.8) is 0 Å². The summed E-state index contributed by atoms with van der Waals surface area (Å²) in [6.45, 7) is 4.59. The van der Waals surface area contributed by atoms with E-state index in [1.165, 1.54) is 6.42 Å². The molecule has 3 heteroatoms. The van der Waals surface area contributed by atoms with Crippen molar-refractivity contribution in [2.45, 2.75) is 51.9 Å². The van der Waals surface area contributed by atoms with Crippen molar-refractivity contribution in [1.29, 1.82) is 0 Å². The van der Waals surface area contributed by atoms with Gasteiger partial charge in [0, 0.05) is 5.56 Å². The average Bonchev–Trinajstić information content (AvgIpc) is 2.41. The zero-order valence-corrected chi connectivity index (χ0v) is 12.0. The molecule has 2 unspecified atom stereocenters. The normalized spacial score (nSPS) is 14.6. The Labute approximate surface area is 116 Å². The van der Waals surface area contributed by atoms with Gasteiger partial charge in [0.2, 0.25) is 0 Å². The van der Waals surface area contributed by atoms with Crippen LogP contribution in [0.3, 0.4) is 0 Å². The molecule has 0 aromatic heterocycles. The van der Waals surface area contributed by atoms with Gasteiger partial charge >= 0.3 is 0 Å². The third-order valence-corrected chi connectivity index (χ3v) is 3.10. The number of aliphatic hydroxyl groups is 2. The Hall–Kier alpha value is -0.900. The number of unbranched alkanes of at least 4 members (excludes halogenated alkanes) is 1. The first-order valence-corrected chi connectivity index (χ1v) is 7.12. The van der Waals surface area contributed by atoms with Crippen LogP contribution in [0.2, 0.25) is 0 Å². The second kappa shape index (κ2) is 9.08. The van der Waals surface area contributed by atoms with Gasteiger partial charge in [-0.2, -0.15) is 0 Å². The van der Waals surface area contributed by atoms with Crippen LogP contribution in [0.25, 0.3) is 0 Å². The van der Waals surface area contributed by atoms with Crippen molar-refractivity contribution in [2.75, 3.05) is 6.61 Å². The van der Waals surface area contributed by atoms with Crippen LogP contribution < -0.4 is 0 Å². The van der Waals surface area contributed by atoms with Crippen LogP contribution in [-0.2, 0) is 4.74 Å². The number of benzene rings is 1. The molecule has 0 spiro atoms. The molecule has 1 rings (SSSR count). The first kappa shape index (κ1) is 16.2. The Morgan fingerprint density at radius 3 is 2.26 bits per heavy atom. The third kappa shape index (κ3) is 7.31. The van der Waals surface area contributed by atoms with E-state index in [4.69, 9.17) is 4.74 Å². The van der Waals surface area contributed by atoms with Crippen molar-refractivity contribution in [1.82, 2.24) is 0 Å². The Morgan fingerprint density at radius 1 is 1.00 bits per heavy atom. The molecule has 0 aliphatic heterocycles. The largest absolute Gasteiger partial charge is 0.391 e. The predicted molar refractivity (Wildman–Crippen MR) is 76.7 cm³/mol. The third-order valence-electron chi connectivity index (χ3n) is 3.10. The Kier molecular flexibility index (Phi) is 7.72. The van der Waals surface area contributed by atoms with Crippen LogP contribution in [0.5, 0.6) is 0 Å². The van der Waals surface area contributed by atoms with Gasteiger partial charge < -0.3 is 14.9 Å². The molecule has 0 aliphatic rings. The Balaban J connectivity index is 2.14. The van der Waals surface area contributed by atoms with Crippen LogP contribution in [0, 0.1) is 5.92 Å². The maximum absolute atomic E-state index is 9.78. The quantitative estimate of drug-likeness (QED) is 0.533. The van der Waals surface area contributed by atoms with Crippen LogP contribution >= 0.6 is 0 Å². The Morgan fingerprint density at radius 2 is 1.63 bits per heavy atom. The van der Waals surface area contributed by atoms with E-state index in [2.05, 4.69) is 13.8 Å². The van der Waals surface area contributed by atoms with Gasteiger partial charge in [-0.05, 0) is 12.3 Å². The summed E-state index contributed by atoms with van der Waals surface area (Å²) in [5, 5.41) is 19.6. The highest BCUT2D eigenvalue weighted by molar-refractivity contribution is 5.15. The van der Waals surface area contributed by atoms with Gasteiger partial charge in [-0.3, -0.25) is 0 Å². The second-order valence-corrected chi connectivity index (χ2v) is 5.43. The SMILES string of the molecule is CC(C)CCCCC(O)COC(O)c1ccccc1. The number of ether oxygens (including phenoxy) is 1. The average molecular weight is 266 g/mol. The molecular weight excluding hydrogens is 240 g/mol. The van der Waals surface area contributed by atoms with Gasteiger partial charge in [-0.15, -0.1) is 0 Å². The van der Waals surface area contributed by atoms with Gasteiger partial charge in [0.15, 0.2) is 6.29 Å². The lowest BCUT2D eigenvalue weighted by molar-refractivity contribution is -0.126. The van der Waals surface area contributed by atoms with Gasteiger partial charge in [0.25, 0.3) is 0 Å². The molecule has 0 fully saturated rings. The minimum Gasteiger partial charge on any atom is -0.391 e. The molecular formula is C16H26O3. The molecule has 1 aromatic rings. The highest BCUT2D eigenvalue weighted by Gasteiger charge is 2.10. The van der Waals surface area contributed by atoms with Crippen molar-refractivity contribution >= 4 is 0 Å². The lowest BCUT2D eigenvalue weighted by Crippen LogP contribution is -2.17. The van der Waals surface area contributed by atoms with E-state index >= 15 is 0 Å². The summed E-state index contributed by atoms with van der Waals surface area (Å²) in [6, 6.07) is 9.20. The van der Waals surface area contributed by atoms with E-state index in [9.17, 15) is 10.2 Å². The van der Waals surface area contributed by atoms with Crippen LogP contribution in [-0.4, -0.2) is 22.9 Å². The van der Waals surface area contributed by atoms with Crippen molar-refractivity contribution < 1.29 is 14.9 Å². The monoisotopic (exact) mass is 266 g/mol. The van der Waals surface area contributed by atoms with E-state index in [0.717, 1.165) is 24.8 Å². The molecule has 0 saturated carbocycles. The molecule has 0 aliphatic carbocycles. The second-order valence-electron chi connectivity index (χ2n) is 5.43. The molecule has 0 heterocycles. The van der Waals surface area contributed by atoms with Crippen molar-refractivity contribution in [3.8, 4) is 0 Å². The summed E-state index contributed by atoms with van der Waals surface area (Å²) in [5.41, 5.74) is 0.717. The standard InChI is InChI=1S/C16H26O3/c1-13(2)8-6-7-11-15(17)12-19-16(18)14-9-4-3-5-10-14/h3-5,9-10,13,15-18H,6-8,11-12H2,1-2H3. The summed E-state index contributed by atoms with van der Waals surface area (Å²) in [7, 11) is 0. The molecule has 0 radical (unpaired) electrons. The topological polar surface area (TPSA) is 49.7 Å². The lowest BCUT2D eigenvalue weighted by atomic mass is 10.0. The fourth-order valence-corrected chi connectivity index (χ4v) is 1.93. The summed E-state index contributed by atoms with van der Waals surface area (Å²) >= 11 is 0. The van der Waals surface area contributed by atoms with E-state index in [0.29, 0.717) is 5.92 Å². The summed E-state index contributed by atoms with van der Waals surface area (Å²) in [5.74, 6) is 0.716. The van der Waals surface area contributed by atoms with E-state index < -0.39 is 12.4 Å². The van der Waals surface area contributed by atoms with E-state index in [1.54, 1.807) is 12.1 Å². The van der Waals surface area contributed by atoms with E-state index in [-0.39, 0.29) is 6.61 Å². The maximum Gasteiger partial charge on any atom is 0.181 e. The number of hydrogen-bond acceptors (Lipinski definition) is 3. The first-order chi connectivity index (χ1) is 9.09. The highest BCUT2D eigenvalue weighted by Crippen LogP contribution is 2.15. The number of hydrogen-bond donors (Lipinski definition) is 2. The smallest absolute Gasteiger partial charge is 0.181 e. The van der Waals surface area contributed by atoms with Crippen molar-refractivity contribution in [2.24, 2.45) is 5.92 Å². The summed E-state index contributed by atoms with van der Waals surface area (Å²) in [6.07, 6.45) is 2.62. The van der Waals surface area contributed by atoms with Crippen LogP contribution in [0.15, 0.2) is 30.3 Å². The fourth-order valence-electron chi connectivity index (χ4n) is 1.93. The van der Waals surface area contributed by atoms with Gasteiger partial charge in [0.1, 0.15) is 0 Å². The zero-order chi connectivity index (χ0) is 14.1. The fraction of sp³-hybridized carbons (Fsp3) is 0.625. The number of aliphatic hydroxyl groups excluding tert-OH is 2. The molecule has 0 bridgehead atoms. The van der Waals surface area contributed by atoms with Crippen LogP contribution in [0.1, 0.15) is 51.4 Å². The minimum absolute atomic E-state index is 0.178. The molecule has 108 valence electrons. The Bertz CT molecular complexity index is 324. The molecule has 0 amide bonds. The molecule has 19 heavy (non-hydrogen) atoms. The van der Waals surface area contributed by atoms with Gasteiger partial charge in [0.05, 0.1) is 12.7 Å². The minimum atomic E-state index is -0.952. The highest BCUT2D eigenvalue weighted by atomic mass is 16.6. The van der Waals surface area contributed by atoms with Gasteiger partial charge in [-0.25, -0.2) is 0 Å². The zero-order valence-electron chi connectivity index (χ0n) is 12.0. The predicted octanol–water partition coefficient (Wildman–Crippen LogP) is 3.27. The molecule has 0 saturated heterocycles. The molecule has 2 N–H and O–H groups in total. The maximum atomic E-state index is 9.78. The molecule has 1 aromatic carbocycles. The molecule has 2 atom stereocenters. The van der Waals surface area contributed by atoms with E-state index in [1.807, 2.05) is 18.2 Å². The lowest BCUT2D eigenvalue weighted by Gasteiger charge is -2.16. The van der Waals surface area contributed by atoms with Gasteiger partial charge in [-0.1, -0.05) is 63.4 Å².